The average Bonchev–Trinajstić information content (AvgIpc) is 2.33. The maximum atomic E-state index is 6.02. The summed E-state index contributed by atoms with van der Waals surface area (Å²) in [5.41, 5.74) is 3.33. The average molecular weight is 329 g/mol. The Morgan fingerprint density at radius 3 is 2.61 bits per heavy atom. The molecule has 0 atom stereocenters. The number of aromatic nitrogens is 2. The van der Waals surface area contributed by atoms with Gasteiger partial charge in [0.2, 0.25) is 0 Å². The number of benzene rings is 1. The molecule has 0 spiro atoms. The molecule has 0 radical (unpaired) electrons. The molecule has 2 aromatic rings. The van der Waals surface area contributed by atoms with Crippen LogP contribution < -0.4 is 16.6 Å². The van der Waals surface area contributed by atoms with Gasteiger partial charge in [-0.3, -0.25) is 0 Å². The number of hydrazine groups is 1. The van der Waals surface area contributed by atoms with E-state index in [0.717, 1.165) is 10.2 Å². The highest BCUT2D eigenvalue weighted by molar-refractivity contribution is 9.10. The fourth-order valence-corrected chi connectivity index (χ4v) is 1.85. The third-order valence-electron chi connectivity index (χ3n) is 2.18. The lowest BCUT2D eigenvalue weighted by Crippen LogP contribution is -2.10. The number of hydrogen-bond acceptors (Lipinski definition) is 5. The number of nitrogens with two attached hydrogens (primary N) is 1. The summed E-state index contributed by atoms with van der Waals surface area (Å²) in [5.74, 6) is 7.15. The van der Waals surface area contributed by atoms with Gasteiger partial charge in [0.1, 0.15) is 17.5 Å². The number of nitrogen functional groups attached to an aromatic ring is 1. The number of nitrogens with zero attached hydrogens (tertiary/aromatic N) is 2. The lowest BCUT2D eigenvalue weighted by Gasteiger charge is -2.09. The van der Waals surface area contributed by atoms with Crippen molar-refractivity contribution in [3.8, 4) is 0 Å². The molecule has 0 amide bonds. The van der Waals surface area contributed by atoms with E-state index in [1.54, 1.807) is 19.1 Å². The minimum atomic E-state index is 0.549. The molecule has 0 aliphatic heterocycles. The van der Waals surface area contributed by atoms with Crippen LogP contribution in [0.5, 0.6) is 0 Å². The van der Waals surface area contributed by atoms with Gasteiger partial charge in [-0.05, 0) is 41.1 Å². The number of hydrogen-bond donors (Lipinski definition) is 3. The molecule has 0 bridgehead atoms. The maximum absolute atomic E-state index is 6.02. The first-order valence-electron chi connectivity index (χ1n) is 5.13. The SMILES string of the molecule is Cc1nc(NN)cc(Nc2ccc(Br)c(Cl)c2)n1. The summed E-state index contributed by atoms with van der Waals surface area (Å²) in [6, 6.07) is 7.27. The van der Waals surface area contributed by atoms with Crippen LogP contribution in [0.2, 0.25) is 5.02 Å². The van der Waals surface area contributed by atoms with Gasteiger partial charge in [0.05, 0.1) is 5.02 Å². The molecule has 4 N–H and O–H groups in total. The molecule has 1 aromatic heterocycles. The molecule has 7 heteroatoms. The number of halogens is 2. The van der Waals surface area contributed by atoms with Crippen LogP contribution in [-0.4, -0.2) is 9.97 Å². The largest absolute Gasteiger partial charge is 0.340 e. The first-order chi connectivity index (χ1) is 8.58. The lowest BCUT2D eigenvalue weighted by atomic mass is 10.3. The highest BCUT2D eigenvalue weighted by Crippen LogP contribution is 2.27. The van der Waals surface area contributed by atoms with E-state index < -0.39 is 0 Å². The second kappa shape index (κ2) is 5.51. The number of nitrogens with one attached hydrogen (secondary N) is 2. The van der Waals surface area contributed by atoms with E-state index in [-0.39, 0.29) is 0 Å². The Labute approximate surface area is 118 Å². The fourth-order valence-electron chi connectivity index (χ4n) is 1.43. The Morgan fingerprint density at radius 2 is 1.94 bits per heavy atom. The maximum Gasteiger partial charge on any atom is 0.145 e. The van der Waals surface area contributed by atoms with Crippen molar-refractivity contribution >= 4 is 44.9 Å². The van der Waals surface area contributed by atoms with Gasteiger partial charge < -0.3 is 10.7 Å². The first kappa shape index (κ1) is 13.1. The van der Waals surface area contributed by atoms with E-state index in [4.69, 9.17) is 17.4 Å². The van der Waals surface area contributed by atoms with Crippen LogP contribution in [0.15, 0.2) is 28.7 Å². The van der Waals surface area contributed by atoms with Gasteiger partial charge in [-0.15, -0.1) is 0 Å². The van der Waals surface area contributed by atoms with Crippen LogP contribution in [-0.2, 0) is 0 Å². The standard InChI is InChI=1S/C11H11BrClN5/c1-6-15-10(5-11(16-6)18-14)17-7-2-3-8(12)9(13)4-7/h2-5H,14H2,1H3,(H2,15,16,17,18). The van der Waals surface area contributed by atoms with Gasteiger partial charge >= 0.3 is 0 Å². The molecule has 0 saturated carbocycles. The van der Waals surface area contributed by atoms with Crippen LogP contribution in [0.3, 0.4) is 0 Å². The van der Waals surface area contributed by atoms with Crippen LogP contribution in [0.25, 0.3) is 0 Å². The zero-order chi connectivity index (χ0) is 13.1. The van der Waals surface area contributed by atoms with E-state index in [1.165, 1.54) is 0 Å². The van der Waals surface area contributed by atoms with Crippen molar-refractivity contribution < 1.29 is 0 Å². The van der Waals surface area contributed by atoms with E-state index in [0.29, 0.717) is 22.5 Å². The van der Waals surface area contributed by atoms with Crippen molar-refractivity contribution in [2.75, 3.05) is 10.7 Å². The fraction of sp³-hybridized carbons (Fsp3) is 0.0909. The van der Waals surface area contributed by atoms with Gasteiger partial charge in [-0.2, -0.15) is 0 Å². The summed E-state index contributed by atoms with van der Waals surface area (Å²) >= 11 is 9.36. The molecule has 0 aliphatic carbocycles. The summed E-state index contributed by atoms with van der Waals surface area (Å²) in [5, 5.41) is 3.76. The smallest absolute Gasteiger partial charge is 0.145 e. The lowest BCUT2D eigenvalue weighted by molar-refractivity contribution is 1.05. The molecule has 94 valence electrons. The summed E-state index contributed by atoms with van der Waals surface area (Å²) in [7, 11) is 0. The summed E-state index contributed by atoms with van der Waals surface area (Å²) in [6.07, 6.45) is 0. The second-order valence-electron chi connectivity index (χ2n) is 3.58. The Hall–Kier alpha value is -1.37. The highest BCUT2D eigenvalue weighted by atomic mass is 79.9. The molecule has 2 rings (SSSR count). The predicted molar refractivity (Wildman–Crippen MR) is 77.0 cm³/mol. The molecule has 0 unspecified atom stereocenters. The number of aryl methyl sites for hydroxylation is 1. The first-order valence-corrected chi connectivity index (χ1v) is 6.30. The van der Waals surface area contributed by atoms with Crippen molar-refractivity contribution in [1.29, 1.82) is 0 Å². The molecule has 1 aromatic carbocycles. The van der Waals surface area contributed by atoms with E-state index in [2.05, 4.69) is 36.6 Å². The van der Waals surface area contributed by atoms with Crippen LogP contribution in [0, 0.1) is 6.92 Å². The van der Waals surface area contributed by atoms with Gasteiger partial charge in [-0.1, -0.05) is 11.6 Å². The van der Waals surface area contributed by atoms with Crippen LogP contribution in [0.4, 0.5) is 17.3 Å². The zero-order valence-corrected chi connectivity index (χ0v) is 11.9. The van der Waals surface area contributed by atoms with Crippen LogP contribution >= 0.6 is 27.5 Å². The second-order valence-corrected chi connectivity index (χ2v) is 4.85. The topological polar surface area (TPSA) is 75.9 Å². The Morgan fingerprint density at radius 1 is 1.22 bits per heavy atom. The third kappa shape index (κ3) is 3.10. The molecule has 0 aliphatic rings. The minimum Gasteiger partial charge on any atom is -0.340 e. The van der Waals surface area contributed by atoms with Gasteiger partial charge in [0.25, 0.3) is 0 Å². The molecule has 0 saturated heterocycles. The molecular weight excluding hydrogens is 318 g/mol. The summed E-state index contributed by atoms with van der Waals surface area (Å²) in [4.78, 5) is 8.36. The monoisotopic (exact) mass is 327 g/mol. The molecule has 0 fully saturated rings. The van der Waals surface area contributed by atoms with Crippen LogP contribution in [0.1, 0.15) is 5.82 Å². The van der Waals surface area contributed by atoms with E-state index in [9.17, 15) is 0 Å². The Bertz CT molecular complexity index is 575. The van der Waals surface area contributed by atoms with Crippen molar-refractivity contribution in [2.24, 2.45) is 5.84 Å². The zero-order valence-electron chi connectivity index (χ0n) is 9.54. The summed E-state index contributed by atoms with van der Waals surface area (Å²) < 4.78 is 0.845. The Kier molecular flexibility index (Phi) is 4.00. The van der Waals surface area contributed by atoms with Gasteiger partial charge in [0, 0.05) is 16.2 Å². The van der Waals surface area contributed by atoms with Gasteiger partial charge in [0.15, 0.2) is 0 Å². The third-order valence-corrected chi connectivity index (χ3v) is 3.41. The van der Waals surface area contributed by atoms with Gasteiger partial charge in [-0.25, -0.2) is 15.8 Å². The molecule has 1 heterocycles. The normalized spacial score (nSPS) is 10.2. The predicted octanol–water partition coefficient (Wildman–Crippen LogP) is 3.23. The number of rotatable bonds is 3. The molecule has 18 heavy (non-hydrogen) atoms. The minimum absolute atomic E-state index is 0.549. The molecule has 5 nitrogen and oxygen atoms in total. The van der Waals surface area contributed by atoms with Crippen molar-refractivity contribution in [2.45, 2.75) is 6.92 Å². The highest BCUT2D eigenvalue weighted by Gasteiger charge is 2.03. The number of anilines is 3. The van der Waals surface area contributed by atoms with E-state index in [1.807, 2.05) is 12.1 Å². The van der Waals surface area contributed by atoms with Crippen molar-refractivity contribution in [3.05, 3.63) is 39.6 Å². The van der Waals surface area contributed by atoms with Crippen molar-refractivity contribution in [1.82, 2.24) is 9.97 Å². The Balaban J connectivity index is 2.27. The quantitative estimate of drug-likeness (QED) is 0.596. The summed E-state index contributed by atoms with van der Waals surface area (Å²) in [6.45, 7) is 1.79. The molecular formula is C11H11BrClN5. The van der Waals surface area contributed by atoms with E-state index >= 15 is 0 Å². The van der Waals surface area contributed by atoms with Crippen molar-refractivity contribution in [3.63, 3.8) is 0 Å².